The first-order chi connectivity index (χ1) is 9.83. The van der Waals surface area contributed by atoms with E-state index in [1.165, 1.54) is 0 Å². The Hall–Kier alpha value is -1.08. The lowest BCUT2D eigenvalue weighted by Crippen LogP contribution is -2.14. The number of hydrogen-bond acceptors (Lipinski definition) is 3. The summed E-state index contributed by atoms with van der Waals surface area (Å²) in [6.07, 6.45) is 0. The summed E-state index contributed by atoms with van der Waals surface area (Å²) < 4.78 is 27.9. The number of benzene rings is 2. The van der Waals surface area contributed by atoms with E-state index in [2.05, 4.69) is 20.7 Å². The fourth-order valence-electron chi connectivity index (χ4n) is 1.81. The second kappa shape index (κ2) is 6.36. The molecule has 0 saturated heterocycles. The lowest BCUT2D eigenvalue weighted by atomic mass is 10.1. The Kier molecular flexibility index (Phi) is 4.93. The first-order valence-corrected chi connectivity index (χ1v) is 8.76. The summed E-state index contributed by atoms with van der Waals surface area (Å²) in [6, 6.07) is 9.73. The molecule has 0 spiro atoms. The molecule has 2 aromatic carbocycles. The van der Waals surface area contributed by atoms with Crippen LogP contribution < -0.4 is 10.5 Å². The van der Waals surface area contributed by atoms with Crippen LogP contribution in [0.2, 0.25) is 5.02 Å². The summed E-state index contributed by atoms with van der Waals surface area (Å²) in [5.41, 5.74) is 7.77. The topological polar surface area (TPSA) is 72.2 Å². The van der Waals surface area contributed by atoms with Crippen molar-refractivity contribution in [1.82, 2.24) is 0 Å². The first kappa shape index (κ1) is 16.3. The summed E-state index contributed by atoms with van der Waals surface area (Å²) in [5.74, 6) is 0. The van der Waals surface area contributed by atoms with Gasteiger partial charge in [0.05, 0.1) is 15.6 Å². The molecule has 0 saturated carbocycles. The summed E-state index contributed by atoms with van der Waals surface area (Å²) in [5, 5.41) is 0.432. The van der Waals surface area contributed by atoms with Crippen molar-refractivity contribution in [3.63, 3.8) is 0 Å². The van der Waals surface area contributed by atoms with Gasteiger partial charge in [0, 0.05) is 11.0 Å². The van der Waals surface area contributed by atoms with Crippen LogP contribution in [0, 0.1) is 6.92 Å². The van der Waals surface area contributed by atoms with E-state index < -0.39 is 10.0 Å². The van der Waals surface area contributed by atoms with Crippen LogP contribution in [0.25, 0.3) is 0 Å². The monoisotopic (exact) mass is 388 g/mol. The summed E-state index contributed by atoms with van der Waals surface area (Å²) in [6.45, 7) is 2.18. The molecule has 0 atom stereocenters. The Bertz CT molecular complexity index is 779. The van der Waals surface area contributed by atoms with Crippen molar-refractivity contribution in [2.75, 3.05) is 4.72 Å². The standard InChI is InChI=1S/C14H14BrClN2O2S/c1-9-2-4-12(6-10(9)8-17)21(19,20)18-11-3-5-13(15)14(16)7-11/h2-7,18H,8,17H2,1H3. The highest BCUT2D eigenvalue weighted by Crippen LogP contribution is 2.27. The Balaban J connectivity index is 2.35. The van der Waals surface area contributed by atoms with Crippen molar-refractivity contribution < 1.29 is 8.42 Å². The van der Waals surface area contributed by atoms with Gasteiger partial charge in [-0.05, 0) is 64.3 Å². The first-order valence-electron chi connectivity index (χ1n) is 6.11. The van der Waals surface area contributed by atoms with Crippen LogP contribution in [0.1, 0.15) is 11.1 Å². The van der Waals surface area contributed by atoms with Gasteiger partial charge in [-0.3, -0.25) is 4.72 Å². The summed E-state index contributed by atoms with van der Waals surface area (Å²) in [7, 11) is -3.67. The molecule has 2 rings (SSSR count). The fourth-order valence-corrected chi connectivity index (χ4v) is 3.34. The highest BCUT2D eigenvalue weighted by atomic mass is 79.9. The van der Waals surface area contributed by atoms with Crippen molar-refractivity contribution in [1.29, 1.82) is 0 Å². The molecule has 4 nitrogen and oxygen atoms in total. The third-order valence-corrected chi connectivity index (χ3v) is 5.63. The zero-order valence-electron chi connectivity index (χ0n) is 11.2. The molecule has 2 aromatic rings. The third kappa shape index (κ3) is 3.77. The minimum atomic E-state index is -3.67. The average Bonchev–Trinajstić information content (AvgIpc) is 2.43. The van der Waals surface area contributed by atoms with E-state index in [0.717, 1.165) is 11.1 Å². The van der Waals surface area contributed by atoms with Gasteiger partial charge in [0.2, 0.25) is 0 Å². The molecule has 3 N–H and O–H groups in total. The highest BCUT2D eigenvalue weighted by molar-refractivity contribution is 9.10. The predicted octanol–water partition coefficient (Wildman–Crippen LogP) is 3.67. The van der Waals surface area contributed by atoms with Crippen LogP contribution in [0.15, 0.2) is 45.8 Å². The number of hydrogen-bond donors (Lipinski definition) is 2. The molecule has 0 bridgehead atoms. The molecule has 0 unspecified atom stereocenters. The average molecular weight is 390 g/mol. The number of sulfonamides is 1. The lowest BCUT2D eigenvalue weighted by Gasteiger charge is -2.11. The van der Waals surface area contributed by atoms with Crippen LogP contribution in [0.3, 0.4) is 0 Å². The van der Waals surface area contributed by atoms with Crippen molar-refractivity contribution in [3.05, 3.63) is 57.0 Å². The van der Waals surface area contributed by atoms with Crippen molar-refractivity contribution in [3.8, 4) is 0 Å². The molecule has 112 valence electrons. The van der Waals surface area contributed by atoms with E-state index in [1.54, 1.807) is 36.4 Å². The Morgan fingerprint density at radius 2 is 1.95 bits per heavy atom. The molecule has 0 amide bonds. The number of nitrogens with two attached hydrogens (primary N) is 1. The van der Waals surface area contributed by atoms with E-state index in [1.807, 2.05) is 6.92 Å². The fraction of sp³-hybridized carbons (Fsp3) is 0.143. The van der Waals surface area contributed by atoms with Gasteiger partial charge in [0.25, 0.3) is 10.0 Å². The largest absolute Gasteiger partial charge is 0.326 e. The zero-order valence-corrected chi connectivity index (χ0v) is 14.4. The smallest absolute Gasteiger partial charge is 0.261 e. The van der Waals surface area contributed by atoms with E-state index in [0.29, 0.717) is 21.7 Å². The van der Waals surface area contributed by atoms with Gasteiger partial charge in [0.1, 0.15) is 0 Å². The lowest BCUT2D eigenvalue weighted by molar-refractivity contribution is 0.601. The van der Waals surface area contributed by atoms with Gasteiger partial charge in [0.15, 0.2) is 0 Å². The number of nitrogens with one attached hydrogen (secondary N) is 1. The molecule has 0 radical (unpaired) electrons. The number of rotatable bonds is 4. The van der Waals surface area contributed by atoms with Gasteiger partial charge in [-0.25, -0.2) is 8.42 Å². The molecule has 0 heterocycles. The zero-order chi connectivity index (χ0) is 15.6. The molecule has 7 heteroatoms. The highest BCUT2D eigenvalue weighted by Gasteiger charge is 2.15. The molecule has 0 aliphatic heterocycles. The van der Waals surface area contributed by atoms with E-state index >= 15 is 0 Å². The third-order valence-electron chi connectivity index (χ3n) is 3.02. The van der Waals surface area contributed by atoms with Crippen LogP contribution in [0.4, 0.5) is 5.69 Å². The summed E-state index contributed by atoms with van der Waals surface area (Å²) >= 11 is 9.22. The second-order valence-corrected chi connectivity index (χ2v) is 7.47. The van der Waals surface area contributed by atoms with Crippen molar-refractivity contribution in [2.45, 2.75) is 18.4 Å². The van der Waals surface area contributed by atoms with Crippen LogP contribution in [0.5, 0.6) is 0 Å². The second-order valence-electron chi connectivity index (χ2n) is 4.53. The molecule has 0 fully saturated rings. The van der Waals surface area contributed by atoms with Gasteiger partial charge in [-0.15, -0.1) is 0 Å². The number of anilines is 1. The normalized spacial score (nSPS) is 11.4. The maximum absolute atomic E-state index is 12.4. The van der Waals surface area contributed by atoms with Crippen LogP contribution in [-0.2, 0) is 16.6 Å². The van der Waals surface area contributed by atoms with Gasteiger partial charge < -0.3 is 5.73 Å². The van der Waals surface area contributed by atoms with Gasteiger partial charge in [-0.2, -0.15) is 0 Å². The molecule has 21 heavy (non-hydrogen) atoms. The van der Waals surface area contributed by atoms with Crippen molar-refractivity contribution in [2.24, 2.45) is 5.73 Å². The molecule has 0 aromatic heterocycles. The van der Waals surface area contributed by atoms with E-state index in [9.17, 15) is 8.42 Å². The van der Waals surface area contributed by atoms with E-state index in [-0.39, 0.29) is 4.90 Å². The van der Waals surface area contributed by atoms with E-state index in [4.69, 9.17) is 17.3 Å². The quantitative estimate of drug-likeness (QED) is 0.838. The minimum absolute atomic E-state index is 0.174. The molecular formula is C14H14BrClN2O2S. The Morgan fingerprint density at radius 1 is 1.24 bits per heavy atom. The van der Waals surface area contributed by atoms with Crippen LogP contribution >= 0.6 is 27.5 Å². The Labute approximate surface area is 137 Å². The van der Waals surface area contributed by atoms with Crippen LogP contribution in [-0.4, -0.2) is 8.42 Å². The Morgan fingerprint density at radius 3 is 2.57 bits per heavy atom. The molecular weight excluding hydrogens is 376 g/mol. The molecule has 0 aliphatic carbocycles. The van der Waals surface area contributed by atoms with Gasteiger partial charge >= 0.3 is 0 Å². The minimum Gasteiger partial charge on any atom is -0.326 e. The predicted molar refractivity (Wildman–Crippen MR) is 89.0 cm³/mol. The maximum Gasteiger partial charge on any atom is 0.261 e. The summed E-state index contributed by atoms with van der Waals surface area (Å²) in [4.78, 5) is 0.174. The molecule has 0 aliphatic rings. The maximum atomic E-state index is 12.4. The van der Waals surface area contributed by atoms with Crippen molar-refractivity contribution >= 4 is 43.2 Å². The number of halogens is 2. The SMILES string of the molecule is Cc1ccc(S(=O)(=O)Nc2ccc(Br)c(Cl)c2)cc1CN. The van der Waals surface area contributed by atoms with Gasteiger partial charge in [-0.1, -0.05) is 17.7 Å². The number of aryl methyl sites for hydroxylation is 1.